The molecule has 19 heteroatoms. The van der Waals surface area contributed by atoms with Crippen molar-refractivity contribution in [3.63, 3.8) is 0 Å². The van der Waals surface area contributed by atoms with E-state index in [2.05, 4.69) is 25.5 Å². The maximum Gasteiger partial charge on any atom is 0.407 e. The minimum absolute atomic E-state index is 0.0648. The second-order valence-electron chi connectivity index (χ2n) is 21.5. The number of likely N-dealkylation sites (tertiary alicyclic amines) is 2. The van der Waals surface area contributed by atoms with Crippen LogP contribution in [0.2, 0.25) is 0 Å². The van der Waals surface area contributed by atoms with Gasteiger partial charge in [-0.2, -0.15) is 0 Å². The van der Waals surface area contributed by atoms with E-state index in [-0.39, 0.29) is 65.2 Å². The Hall–Kier alpha value is -7.31. The van der Waals surface area contributed by atoms with E-state index in [0.29, 0.717) is 93.1 Å². The number of nitrogens with zero attached hydrogens (tertiary/aromatic N) is 6. The Balaban J connectivity index is 0.964. The number of benzene rings is 4. The Labute approximate surface area is 440 Å². The molecule has 0 aliphatic carbocycles. The number of alkyl carbamates (subject to hydrolysis) is 2. The summed E-state index contributed by atoms with van der Waals surface area (Å²) >= 11 is 0. The molecule has 4 amide bonds. The van der Waals surface area contributed by atoms with E-state index in [1.165, 1.54) is 38.5 Å². The molecular weight excluding hydrogens is 978 g/mol. The first-order valence-corrected chi connectivity index (χ1v) is 26.7. The molecule has 0 spiro atoms. The summed E-state index contributed by atoms with van der Waals surface area (Å²) in [6, 6.07) is 18.5. The third-order valence-electron chi connectivity index (χ3n) is 16.1. The maximum absolute atomic E-state index is 16.8. The molecule has 4 aromatic carbocycles. The van der Waals surface area contributed by atoms with Crippen LogP contribution in [-0.4, -0.2) is 106 Å². The molecule has 0 radical (unpaired) electrons. The highest BCUT2D eigenvalue weighted by molar-refractivity contribution is 5.88. The maximum atomic E-state index is 16.8. The van der Waals surface area contributed by atoms with Crippen LogP contribution in [0.3, 0.4) is 0 Å². The average molecular weight is 1050 g/mol. The zero-order valence-electron chi connectivity index (χ0n) is 43.9. The predicted molar refractivity (Wildman–Crippen MR) is 282 cm³/mol. The molecule has 4 saturated heterocycles. The Bertz CT molecular complexity index is 2950. The number of H-pyrrole nitrogens is 2. The predicted octanol–water partition coefficient (Wildman–Crippen LogP) is 10.4. The van der Waals surface area contributed by atoms with Crippen LogP contribution >= 0.6 is 0 Å². The number of anilines is 2. The Morgan fingerprint density at radius 1 is 0.579 bits per heavy atom. The summed E-state index contributed by atoms with van der Waals surface area (Å²) in [6.45, 7) is 9.39. The molecule has 4 N–H and O–H groups in total. The molecule has 0 unspecified atom stereocenters. The monoisotopic (exact) mass is 1040 g/mol. The van der Waals surface area contributed by atoms with Crippen molar-refractivity contribution in [2.75, 3.05) is 50.2 Å². The largest absolute Gasteiger partial charge is 0.453 e. The minimum atomic E-state index is -0.779. The number of imidazole rings is 2. The zero-order chi connectivity index (χ0) is 53.5. The Morgan fingerprint density at radius 3 is 1.46 bits per heavy atom. The van der Waals surface area contributed by atoms with Crippen LogP contribution in [0.15, 0.2) is 72.8 Å². The van der Waals surface area contributed by atoms with Gasteiger partial charge in [0.25, 0.3) is 0 Å². The first-order valence-electron chi connectivity index (χ1n) is 26.7. The lowest BCUT2D eigenvalue weighted by atomic mass is 9.89. The molecule has 10 rings (SSSR count). The van der Waals surface area contributed by atoms with Gasteiger partial charge in [-0.25, -0.2) is 32.7 Å². The fourth-order valence-electron chi connectivity index (χ4n) is 12.2. The molecule has 0 saturated carbocycles. The van der Waals surface area contributed by atoms with Crippen molar-refractivity contribution >= 4 is 57.4 Å². The van der Waals surface area contributed by atoms with E-state index < -0.39 is 35.9 Å². The molecule has 2 aromatic heterocycles. The third-order valence-corrected chi connectivity index (χ3v) is 16.1. The van der Waals surface area contributed by atoms with Crippen LogP contribution in [0.5, 0.6) is 0 Å². The van der Waals surface area contributed by atoms with Crippen LogP contribution in [-0.2, 0) is 19.1 Å². The summed E-state index contributed by atoms with van der Waals surface area (Å²) in [5.74, 6) is -0.985. The number of hydrogen-bond acceptors (Lipinski definition) is 10. The fourth-order valence-corrected chi connectivity index (χ4v) is 12.2. The molecule has 4 aliphatic rings. The van der Waals surface area contributed by atoms with Crippen molar-refractivity contribution in [3.05, 3.63) is 119 Å². The van der Waals surface area contributed by atoms with Gasteiger partial charge in [-0.1, -0.05) is 52.0 Å². The number of amides is 4. The molecule has 76 heavy (non-hydrogen) atoms. The van der Waals surface area contributed by atoms with Crippen molar-refractivity contribution < 1.29 is 41.8 Å². The molecule has 4 aliphatic heterocycles. The van der Waals surface area contributed by atoms with Gasteiger partial charge in [0.1, 0.15) is 35.2 Å². The molecule has 0 bridgehead atoms. The topological polar surface area (TPSA) is 181 Å². The fraction of sp³-hybridized carbons (Fsp3) is 0.474. The number of piperidine rings is 1. The van der Waals surface area contributed by atoms with Crippen LogP contribution in [0.25, 0.3) is 22.1 Å². The Kier molecular flexibility index (Phi) is 14.9. The highest BCUT2D eigenvalue weighted by Crippen LogP contribution is 2.49. The molecular formula is C57H67F3N10O6. The van der Waals surface area contributed by atoms with Gasteiger partial charge < -0.3 is 49.7 Å². The molecule has 16 nitrogen and oxygen atoms in total. The summed E-state index contributed by atoms with van der Waals surface area (Å²) in [7, 11) is 2.54. The van der Waals surface area contributed by atoms with E-state index in [4.69, 9.17) is 19.4 Å². The van der Waals surface area contributed by atoms with Gasteiger partial charge in [0.15, 0.2) is 11.6 Å². The van der Waals surface area contributed by atoms with Gasteiger partial charge in [0, 0.05) is 31.9 Å². The minimum Gasteiger partial charge on any atom is -0.453 e. The van der Waals surface area contributed by atoms with Crippen molar-refractivity contribution in [3.8, 4) is 0 Å². The average Bonchev–Trinajstić information content (AvgIpc) is 4.29. The summed E-state index contributed by atoms with van der Waals surface area (Å²) in [5, 5.41) is 5.42. The summed E-state index contributed by atoms with van der Waals surface area (Å²) in [4.78, 5) is 76.9. The number of halogens is 3. The first-order chi connectivity index (χ1) is 36.6. The first kappa shape index (κ1) is 52.1. The van der Waals surface area contributed by atoms with E-state index in [1.807, 2.05) is 64.1 Å². The van der Waals surface area contributed by atoms with Gasteiger partial charge in [-0.3, -0.25) is 9.59 Å². The molecule has 6 aromatic rings. The van der Waals surface area contributed by atoms with Crippen LogP contribution < -0.4 is 20.4 Å². The smallest absolute Gasteiger partial charge is 0.407 e. The van der Waals surface area contributed by atoms with E-state index in [1.54, 1.807) is 26.8 Å². The quantitative estimate of drug-likeness (QED) is 0.0869. The van der Waals surface area contributed by atoms with E-state index in [9.17, 15) is 23.6 Å². The standard InChI is InChI=1S/C57H67F3N10O6/c1-31(2)49(65-56(73)75-5)54(71)68-23-7-9-47(68)52-61-41-17-13-35(27-43(41)63-52)45-19-20-46(70(45)38-29-39(59)51(40(60)30-38)67-25-21-34(22-26-67)33-11-15-37(58)16-12-33)36-14-18-42-44(28-36)64-53(62-42)48-10-8-24-69(48)55(72)50(32(3)4)66-57(74)76-6/h11-18,27-32,34,45-50H,7-10,19-26H2,1-6H3,(H,61,63)(H,62,64)(H,65,73)(H,66,74)/t45-,46-,47+,48+,49+,50+/m1/s1. The van der Waals surface area contributed by atoms with Crippen LogP contribution in [0, 0.1) is 29.3 Å². The molecule has 4 fully saturated rings. The lowest BCUT2D eigenvalue weighted by molar-refractivity contribution is -0.136. The normalized spacial score (nSPS) is 21.0. The highest BCUT2D eigenvalue weighted by atomic mass is 19.1. The summed E-state index contributed by atoms with van der Waals surface area (Å²) in [6.07, 6.45) is 4.16. The molecule has 6 heterocycles. The number of carbonyl (C=O) groups excluding carboxylic acids is 4. The van der Waals surface area contributed by atoms with E-state index >= 15 is 8.78 Å². The molecule has 402 valence electrons. The number of hydrogen-bond donors (Lipinski definition) is 4. The Morgan fingerprint density at radius 2 is 1.03 bits per heavy atom. The summed E-state index contributed by atoms with van der Waals surface area (Å²) < 4.78 is 57.0. The highest BCUT2D eigenvalue weighted by Gasteiger charge is 2.41. The van der Waals surface area contributed by atoms with Crippen molar-refractivity contribution in [2.45, 2.75) is 121 Å². The lowest BCUT2D eigenvalue weighted by Crippen LogP contribution is -2.51. The number of carbonyl (C=O) groups is 4. The lowest BCUT2D eigenvalue weighted by Gasteiger charge is -2.36. The number of ether oxygens (including phenoxy) is 2. The van der Waals surface area contributed by atoms with Gasteiger partial charge in [-0.15, -0.1) is 0 Å². The molecule has 6 atom stereocenters. The van der Waals surface area contributed by atoms with Crippen molar-refractivity contribution in [1.29, 1.82) is 0 Å². The number of aromatic nitrogens is 4. The summed E-state index contributed by atoms with van der Waals surface area (Å²) in [5.41, 5.74) is 6.06. The zero-order valence-corrected chi connectivity index (χ0v) is 43.9. The van der Waals surface area contributed by atoms with Crippen LogP contribution in [0.1, 0.15) is 137 Å². The second kappa shape index (κ2) is 21.7. The number of fused-ring (bicyclic) bond motifs is 2. The number of methoxy groups -OCH3 is 2. The van der Waals surface area contributed by atoms with Gasteiger partial charge in [0.2, 0.25) is 11.8 Å². The van der Waals surface area contributed by atoms with Crippen LogP contribution in [0.4, 0.5) is 34.1 Å². The van der Waals surface area contributed by atoms with E-state index in [0.717, 1.165) is 40.6 Å². The number of nitrogens with one attached hydrogen (secondary N) is 4. The number of rotatable bonds is 13. The third kappa shape index (κ3) is 10.2. The van der Waals surface area contributed by atoms with Gasteiger partial charge in [-0.05, 0) is 134 Å². The SMILES string of the molecule is COC(=O)N[C@H](C(=O)N1CCC[C@H]1c1nc2cc([C@H]3CC[C@H](c4ccc5[nH]c([C@@H]6CCCN6C(=O)[C@@H](NC(=O)OC)C(C)C)nc5c4)N3c3cc(F)c(N4CCC(c5ccc(F)cc5)CC4)c(F)c3)ccc2[nH]1)C(C)C. The van der Waals surface area contributed by atoms with Gasteiger partial charge >= 0.3 is 12.2 Å². The van der Waals surface area contributed by atoms with Gasteiger partial charge in [0.05, 0.1) is 60.5 Å². The van der Waals surface area contributed by atoms with Crippen molar-refractivity contribution in [2.24, 2.45) is 11.8 Å². The van der Waals surface area contributed by atoms with Crippen molar-refractivity contribution in [1.82, 2.24) is 40.4 Å². The second-order valence-corrected chi connectivity index (χ2v) is 21.5. The number of aromatic amines is 2.